The van der Waals surface area contributed by atoms with Crippen molar-refractivity contribution in [1.82, 2.24) is 0 Å². The largest absolute Gasteiger partial charge is 0.385 e. The highest BCUT2D eigenvalue weighted by Gasteiger charge is 2.23. The first kappa shape index (κ1) is 14.3. The van der Waals surface area contributed by atoms with E-state index in [9.17, 15) is 5.11 Å². The molecule has 1 atom stereocenters. The lowest BCUT2D eigenvalue weighted by Gasteiger charge is -2.24. The molecule has 0 radical (unpaired) electrons. The Balaban J connectivity index is 2.27. The fraction of sp³-hybridized carbons (Fsp3) is 0.278. The van der Waals surface area contributed by atoms with E-state index < -0.39 is 5.60 Å². The van der Waals surface area contributed by atoms with Crippen LogP contribution in [0.1, 0.15) is 34.7 Å². The van der Waals surface area contributed by atoms with E-state index in [0.29, 0.717) is 12.0 Å². The minimum absolute atomic E-state index is 0.557. The quantitative estimate of drug-likeness (QED) is 0.921. The molecule has 0 bridgehead atoms. The van der Waals surface area contributed by atoms with Crippen molar-refractivity contribution >= 4 is 0 Å². The van der Waals surface area contributed by atoms with Crippen molar-refractivity contribution in [1.29, 1.82) is 5.26 Å². The van der Waals surface area contributed by atoms with Crippen LogP contribution in [0.15, 0.2) is 42.5 Å². The molecule has 0 aromatic heterocycles. The summed E-state index contributed by atoms with van der Waals surface area (Å²) in [5.74, 6) is 0. The number of aryl methyl sites for hydroxylation is 2. The Morgan fingerprint density at radius 2 is 1.60 bits per heavy atom. The number of rotatable bonds is 3. The molecule has 102 valence electrons. The first-order valence-corrected chi connectivity index (χ1v) is 6.71. The van der Waals surface area contributed by atoms with Crippen LogP contribution in [-0.2, 0) is 12.0 Å². The van der Waals surface area contributed by atoms with Crippen molar-refractivity contribution in [2.75, 3.05) is 0 Å². The normalized spacial score (nSPS) is 13.6. The first-order chi connectivity index (χ1) is 9.40. The monoisotopic (exact) mass is 265 g/mol. The van der Waals surface area contributed by atoms with E-state index in [1.54, 1.807) is 12.1 Å². The highest BCUT2D eigenvalue weighted by Crippen LogP contribution is 2.26. The molecule has 0 spiro atoms. The maximum absolute atomic E-state index is 10.7. The number of aliphatic hydroxyl groups is 1. The number of nitriles is 1. The first-order valence-electron chi connectivity index (χ1n) is 6.71. The van der Waals surface area contributed by atoms with Gasteiger partial charge in [-0.25, -0.2) is 0 Å². The third kappa shape index (κ3) is 3.26. The highest BCUT2D eigenvalue weighted by atomic mass is 16.3. The van der Waals surface area contributed by atoms with Crippen LogP contribution in [0.25, 0.3) is 0 Å². The summed E-state index contributed by atoms with van der Waals surface area (Å²) < 4.78 is 0. The summed E-state index contributed by atoms with van der Waals surface area (Å²) in [6, 6.07) is 15.5. The Bertz CT molecular complexity index is 628. The van der Waals surface area contributed by atoms with Gasteiger partial charge in [-0.15, -0.1) is 0 Å². The van der Waals surface area contributed by atoms with Gasteiger partial charge >= 0.3 is 0 Å². The summed E-state index contributed by atoms with van der Waals surface area (Å²) in [5.41, 5.74) is 4.03. The van der Waals surface area contributed by atoms with Crippen LogP contribution in [0.2, 0.25) is 0 Å². The number of hydrogen-bond acceptors (Lipinski definition) is 2. The van der Waals surface area contributed by atoms with Crippen LogP contribution in [0.4, 0.5) is 0 Å². The van der Waals surface area contributed by atoms with Crippen LogP contribution in [0.5, 0.6) is 0 Å². The van der Waals surface area contributed by atoms with Gasteiger partial charge in [0.05, 0.1) is 17.2 Å². The average molecular weight is 265 g/mol. The molecular formula is C18H19NO. The van der Waals surface area contributed by atoms with Crippen molar-refractivity contribution < 1.29 is 5.11 Å². The van der Waals surface area contributed by atoms with Crippen molar-refractivity contribution in [3.05, 3.63) is 70.3 Å². The van der Waals surface area contributed by atoms with Crippen molar-refractivity contribution in [2.24, 2.45) is 0 Å². The molecule has 0 aliphatic rings. The lowest BCUT2D eigenvalue weighted by molar-refractivity contribution is 0.0576. The molecule has 0 aliphatic carbocycles. The summed E-state index contributed by atoms with van der Waals surface area (Å²) in [4.78, 5) is 0. The second kappa shape index (κ2) is 5.48. The zero-order chi connectivity index (χ0) is 14.8. The van der Waals surface area contributed by atoms with Gasteiger partial charge in [0.25, 0.3) is 0 Å². The smallest absolute Gasteiger partial charge is 0.0991 e. The van der Waals surface area contributed by atoms with Crippen LogP contribution in [0.3, 0.4) is 0 Å². The molecule has 2 aromatic rings. The molecule has 2 rings (SSSR count). The SMILES string of the molecule is Cc1cc(C)cc(CC(C)(O)c2ccc(C#N)cc2)c1. The van der Waals surface area contributed by atoms with Crippen LogP contribution in [-0.4, -0.2) is 5.11 Å². The van der Waals surface area contributed by atoms with E-state index in [1.807, 2.05) is 19.1 Å². The van der Waals surface area contributed by atoms with Gasteiger partial charge in [0.2, 0.25) is 0 Å². The molecule has 0 fully saturated rings. The zero-order valence-electron chi connectivity index (χ0n) is 12.1. The topological polar surface area (TPSA) is 44.0 Å². The highest BCUT2D eigenvalue weighted by molar-refractivity contribution is 5.36. The molecule has 0 saturated carbocycles. The predicted molar refractivity (Wildman–Crippen MR) is 80.3 cm³/mol. The predicted octanol–water partition coefficient (Wildman–Crippen LogP) is 3.63. The number of nitrogens with zero attached hydrogens (tertiary/aromatic N) is 1. The lowest BCUT2D eigenvalue weighted by Crippen LogP contribution is -2.24. The number of hydrogen-bond donors (Lipinski definition) is 1. The van der Waals surface area contributed by atoms with Gasteiger partial charge in [-0.1, -0.05) is 41.5 Å². The van der Waals surface area contributed by atoms with Gasteiger partial charge < -0.3 is 5.11 Å². The second-order valence-electron chi connectivity index (χ2n) is 5.64. The Labute approximate surface area is 120 Å². The summed E-state index contributed by atoms with van der Waals surface area (Å²) in [7, 11) is 0. The molecule has 2 aromatic carbocycles. The third-order valence-corrected chi connectivity index (χ3v) is 3.47. The van der Waals surface area contributed by atoms with Gasteiger partial charge in [-0.2, -0.15) is 5.26 Å². The molecule has 1 N–H and O–H groups in total. The third-order valence-electron chi connectivity index (χ3n) is 3.47. The minimum atomic E-state index is -0.936. The maximum Gasteiger partial charge on any atom is 0.0991 e. The molecule has 2 heteroatoms. The molecule has 0 heterocycles. The Kier molecular flexibility index (Phi) is 3.92. The Hall–Kier alpha value is -2.11. The summed E-state index contributed by atoms with van der Waals surface area (Å²) in [6.45, 7) is 5.94. The van der Waals surface area contributed by atoms with E-state index in [-0.39, 0.29) is 0 Å². The molecule has 0 amide bonds. The van der Waals surface area contributed by atoms with E-state index in [4.69, 9.17) is 5.26 Å². The molecule has 0 saturated heterocycles. The fourth-order valence-electron chi connectivity index (χ4n) is 2.57. The van der Waals surface area contributed by atoms with Crippen molar-refractivity contribution in [3.63, 3.8) is 0 Å². The van der Waals surface area contributed by atoms with Crippen molar-refractivity contribution in [3.8, 4) is 6.07 Å². The van der Waals surface area contributed by atoms with Gasteiger partial charge in [-0.3, -0.25) is 0 Å². The fourth-order valence-corrected chi connectivity index (χ4v) is 2.57. The zero-order valence-corrected chi connectivity index (χ0v) is 12.1. The van der Waals surface area contributed by atoms with E-state index >= 15 is 0 Å². The summed E-state index contributed by atoms with van der Waals surface area (Å²) in [6.07, 6.45) is 0.557. The molecule has 1 unspecified atom stereocenters. The summed E-state index contributed by atoms with van der Waals surface area (Å²) >= 11 is 0. The van der Waals surface area contributed by atoms with Crippen LogP contribution >= 0.6 is 0 Å². The number of benzene rings is 2. The lowest BCUT2D eigenvalue weighted by atomic mass is 9.88. The molecule has 20 heavy (non-hydrogen) atoms. The Morgan fingerprint density at radius 3 is 2.10 bits per heavy atom. The standard InChI is InChI=1S/C18H19NO/c1-13-8-14(2)10-16(9-13)11-18(3,20)17-6-4-15(12-19)5-7-17/h4-10,20H,11H2,1-3H3. The van der Waals surface area contributed by atoms with Gasteiger partial charge in [0.1, 0.15) is 0 Å². The molecular weight excluding hydrogens is 246 g/mol. The van der Waals surface area contributed by atoms with Crippen LogP contribution in [0, 0.1) is 25.2 Å². The van der Waals surface area contributed by atoms with Gasteiger partial charge in [0, 0.05) is 6.42 Å². The van der Waals surface area contributed by atoms with Crippen molar-refractivity contribution in [2.45, 2.75) is 32.8 Å². The molecule has 0 aliphatic heterocycles. The maximum atomic E-state index is 10.7. The Morgan fingerprint density at radius 1 is 1.05 bits per heavy atom. The average Bonchev–Trinajstić information content (AvgIpc) is 2.37. The minimum Gasteiger partial charge on any atom is -0.385 e. The van der Waals surface area contributed by atoms with Crippen LogP contribution < -0.4 is 0 Å². The summed E-state index contributed by atoms with van der Waals surface area (Å²) in [5, 5.41) is 19.5. The van der Waals surface area contributed by atoms with Gasteiger partial charge in [-0.05, 0) is 44.0 Å². The second-order valence-corrected chi connectivity index (χ2v) is 5.64. The van der Waals surface area contributed by atoms with E-state index in [1.165, 1.54) is 11.1 Å². The van der Waals surface area contributed by atoms with E-state index in [0.717, 1.165) is 11.1 Å². The molecule has 2 nitrogen and oxygen atoms in total. The van der Waals surface area contributed by atoms with E-state index in [2.05, 4.69) is 38.1 Å². The van der Waals surface area contributed by atoms with Gasteiger partial charge in [0.15, 0.2) is 0 Å².